The number of aryl methyl sites for hydroxylation is 2. The zero-order valence-electron chi connectivity index (χ0n) is 11.7. The molecule has 20 heavy (non-hydrogen) atoms. The number of hydrogen-bond acceptors (Lipinski definition) is 5. The van der Waals surface area contributed by atoms with Crippen molar-refractivity contribution in [3.63, 3.8) is 0 Å². The number of ether oxygens (including phenoxy) is 1. The molecule has 106 valence electrons. The number of nitrogens with one attached hydrogen (secondary N) is 1. The lowest BCUT2D eigenvalue weighted by Gasteiger charge is -2.13. The van der Waals surface area contributed by atoms with Gasteiger partial charge in [0, 0.05) is 5.02 Å². The third-order valence-electron chi connectivity index (χ3n) is 3.02. The van der Waals surface area contributed by atoms with Crippen LogP contribution in [0.4, 0.5) is 5.82 Å². The van der Waals surface area contributed by atoms with Crippen molar-refractivity contribution in [2.24, 2.45) is 5.84 Å². The number of nitrogens with two attached hydrogens (primary N) is 1. The summed E-state index contributed by atoms with van der Waals surface area (Å²) in [6, 6.07) is 3.76. The Bertz CT molecular complexity index is 608. The second-order valence-corrected chi connectivity index (χ2v) is 4.85. The average molecular weight is 293 g/mol. The SMILES string of the molecule is CCc1c(NN)ncnc1Oc1cc(C)c(Cl)c(C)c1. The number of rotatable bonds is 4. The van der Waals surface area contributed by atoms with Crippen LogP contribution in [-0.4, -0.2) is 9.97 Å². The number of nitrogens with zero attached hydrogens (tertiary/aromatic N) is 2. The van der Waals surface area contributed by atoms with E-state index in [4.69, 9.17) is 22.2 Å². The molecule has 0 aliphatic rings. The minimum Gasteiger partial charge on any atom is -0.439 e. The first kappa shape index (κ1) is 14.6. The van der Waals surface area contributed by atoms with E-state index < -0.39 is 0 Å². The Balaban J connectivity index is 2.40. The maximum absolute atomic E-state index is 6.15. The summed E-state index contributed by atoms with van der Waals surface area (Å²) in [5.74, 6) is 7.20. The maximum Gasteiger partial charge on any atom is 0.227 e. The Morgan fingerprint density at radius 3 is 2.45 bits per heavy atom. The van der Waals surface area contributed by atoms with E-state index >= 15 is 0 Å². The highest BCUT2D eigenvalue weighted by molar-refractivity contribution is 6.32. The molecular weight excluding hydrogens is 276 g/mol. The van der Waals surface area contributed by atoms with Crippen LogP contribution in [0.25, 0.3) is 0 Å². The standard InChI is InChI=1S/C14H17ClN4O/c1-4-11-13(19-16)17-7-18-14(11)20-10-5-8(2)12(15)9(3)6-10/h5-7H,4,16H2,1-3H3,(H,17,18,19). The van der Waals surface area contributed by atoms with E-state index in [2.05, 4.69) is 15.4 Å². The number of hydrogen-bond donors (Lipinski definition) is 2. The van der Waals surface area contributed by atoms with Crippen LogP contribution >= 0.6 is 11.6 Å². The molecule has 1 aromatic heterocycles. The molecule has 5 nitrogen and oxygen atoms in total. The van der Waals surface area contributed by atoms with Gasteiger partial charge in [0.05, 0.1) is 5.56 Å². The summed E-state index contributed by atoms with van der Waals surface area (Å²) >= 11 is 6.15. The topological polar surface area (TPSA) is 73.1 Å². The summed E-state index contributed by atoms with van der Waals surface area (Å²) in [6.07, 6.45) is 2.13. The minimum atomic E-state index is 0.497. The molecule has 1 aromatic carbocycles. The molecule has 0 saturated heterocycles. The molecule has 0 unspecified atom stereocenters. The molecule has 2 rings (SSSR count). The maximum atomic E-state index is 6.15. The first-order valence-corrected chi connectivity index (χ1v) is 6.69. The predicted octanol–water partition coefficient (Wildman–Crippen LogP) is 3.39. The molecule has 6 heteroatoms. The fourth-order valence-electron chi connectivity index (χ4n) is 2.00. The number of benzene rings is 1. The van der Waals surface area contributed by atoms with Gasteiger partial charge in [0.1, 0.15) is 17.9 Å². The smallest absolute Gasteiger partial charge is 0.227 e. The van der Waals surface area contributed by atoms with Gasteiger partial charge in [-0.05, 0) is 43.5 Å². The van der Waals surface area contributed by atoms with Gasteiger partial charge in [0.15, 0.2) is 0 Å². The summed E-state index contributed by atoms with van der Waals surface area (Å²) in [7, 11) is 0. The Hall–Kier alpha value is -1.85. The van der Waals surface area contributed by atoms with Gasteiger partial charge in [-0.15, -0.1) is 0 Å². The number of nitrogen functional groups attached to an aromatic ring is 1. The van der Waals surface area contributed by atoms with E-state index in [9.17, 15) is 0 Å². The van der Waals surface area contributed by atoms with Gasteiger partial charge < -0.3 is 10.2 Å². The molecule has 0 atom stereocenters. The molecule has 0 amide bonds. The number of hydrazine groups is 1. The fraction of sp³-hybridized carbons (Fsp3) is 0.286. The molecule has 0 aliphatic carbocycles. The quantitative estimate of drug-likeness (QED) is 0.667. The van der Waals surface area contributed by atoms with Crippen molar-refractivity contribution < 1.29 is 4.74 Å². The van der Waals surface area contributed by atoms with Gasteiger partial charge in [-0.1, -0.05) is 18.5 Å². The van der Waals surface area contributed by atoms with Crippen LogP contribution < -0.4 is 16.0 Å². The molecule has 1 heterocycles. The predicted molar refractivity (Wildman–Crippen MR) is 80.2 cm³/mol. The first-order chi connectivity index (χ1) is 9.56. The lowest BCUT2D eigenvalue weighted by Crippen LogP contribution is -2.12. The highest BCUT2D eigenvalue weighted by atomic mass is 35.5. The van der Waals surface area contributed by atoms with Crippen LogP contribution in [0.2, 0.25) is 5.02 Å². The molecule has 0 radical (unpaired) electrons. The molecule has 0 bridgehead atoms. The van der Waals surface area contributed by atoms with Gasteiger partial charge in [-0.25, -0.2) is 15.8 Å². The van der Waals surface area contributed by atoms with Gasteiger partial charge in [-0.2, -0.15) is 0 Å². The number of aromatic nitrogens is 2. The summed E-state index contributed by atoms with van der Waals surface area (Å²) in [6.45, 7) is 5.87. The summed E-state index contributed by atoms with van der Waals surface area (Å²) in [5.41, 5.74) is 5.31. The monoisotopic (exact) mass is 292 g/mol. The Morgan fingerprint density at radius 1 is 1.25 bits per heavy atom. The molecule has 0 saturated carbocycles. The van der Waals surface area contributed by atoms with Crippen LogP contribution in [0.5, 0.6) is 11.6 Å². The highest BCUT2D eigenvalue weighted by Gasteiger charge is 2.12. The van der Waals surface area contributed by atoms with E-state index in [1.165, 1.54) is 6.33 Å². The zero-order chi connectivity index (χ0) is 14.7. The first-order valence-electron chi connectivity index (χ1n) is 6.31. The van der Waals surface area contributed by atoms with E-state index in [0.717, 1.165) is 21.7 Å². The molecule has 0 fully saturated rings. The molecule has 2 aromatic rings. The molecular formula is C14H17ClN4O. The van der Waals surface area contributed by atoms with Gasteiger partial charge >= 0.3 is 0 Å². The largest absolute Gasteiger partial charge is 0.439 e. The zero-order valence-corrected chi connectivity index (χ0v) is 12.5. The normalized spacial score (nSPS) is 10.4. The summed E-state index contributed by atoms with van der Waals surface area (Å²) in [5, 5.41) is 0.750. The second-order valence-electron chi connectivity index (χ2n) is 4.48. The van der Waals surface area contributed by atoms with Gasteiger partial charge in [-0.3, -0.25) is 0 Å². The molecule has 0 spiro atoms. The number of anilines is 1. The van der Waals surface area contributed by atoms with Crippen LogP contribution in [0.15, 0.2) is 18.5 Å². The van der Waals surface area contributed by atoms with Crippen molar-refractivity contribution in [1.29, 1.82) is 0 Å². The minimum absolute atomic E-state index is 0.497. The van der Waals surface area contributed by atoms with E-state index in [-0.39, 0.29) is 0 Å². The lowest BCUT2D eigenvalue weighted by molar-refractivity contribution is 0.455. The number of halogens is 1. The average Bonchev–Trinajstić information content (AvgIpc) is 2.44. The van der Waals surface area contributed by atoms with Crippen molar-refractivity contribution in [1.82, 2.24) is 9.97 Å². The van der Waals surface area contributed by atoms with E-state index in [1.807, 2.05) is 32.9 Å². The van der Waals surface area contributed by atoms with Crippen molar-refractivity contribution >= 4 is 17.4 Å². The van der Waals surface area contributed by atoms with Crippen LogP contribution in [0.3, 0.4) is 0 Å². The van der Waals surface area contributed by atoms with Crippen molar-refractivity contribution in [2.75, 3.05) is 5.43 Å². The lowest BCUT2D eigenvalue weighted by atomic mass is 10.1. The van der Waals surface area contributed by atoms with Gasteiger partial charge in [0.25, 0.3) is 0 Å². The third kappa shape index (κ3) is 2.84. The van der Waals surface area contributed by atoms with Crippen molar-refractivity contribution in [3.05, 3.63) is 40.2 Å². The third-order valence-corrected chi connectivity index (χ3v) is 3.62. The highest BCUT2D eigenvalue weighted by Crippen LogP contribution is 2.31. The Kier molecular flexibility index (Phi) is 4.42. The molecule has 3 N–H and O–H groups in total. The van der Waals surface area contributed by atoms with Crippen molar-refractivity contribution in [3.8, 4) is 11.6 Å². The Labute approximate surface area is 123 Å². The van der Waals surface area contributed by atoms with Crippen LogP contribution in [0.1, 0.15) is 23.6 Å². The van der Waals surface area contributed by atoms with Crippen molar-refractivity contribution in [2.45, 2.75) is 27.2 Å². The molecule has 0 aliphatic heterocycles. The van der Waals surface area contributed by atoms with E-state index in [0.29, 0.717) is 23.9 Å². The van der Waals surface area contributed by atoms with E-state index in [1.54, 1.807) is 0 Å². The fourth-order valence-corrected chi connectivity index (χ4v) is 2.11. The summed E-state index contributed by atoms with van der Waals surface area (Å²) < 4.78 is 5.85. The van der Waals surface area contributed by atoms with Gasteiger partial charge in [0.2, 0.25) is 5.88 Å². The Morgan fingerprint density at radius 2 is 1.90 bits per heavy atom. The van der Waals surface area contributed by atoms with Crippen LogP contribution in [-0.2, 0) is 6.42 Å². The van der Waals surface area contributed by atoms with Crippen LogP contribution in [0, 0.1) is 13.8 Å². The summed E-state index contributed by atoms with van der Waals surface area (Å²) in [4.78, 5) is 8.24. The second kappa shape index (κ2) is 6.07.